The van der Waals surface area contributed by atoms with Crippen LogP contribution in [0, 0.1) is 0 Å². The number of aromatic carboxylic acids is 1. The molecule has 0 aromatic carbocycles. The van der Waals surface area contributed by atoms with Crippen molar-refractivity contribution in [3.8, 4) is 0 Å². The lowest BCUT2D eigenvalue weighted by Crippen LogP contribution is -2.17. The van der Waals surface area contributed by atoms with Gasteiger partial charge in [0.05, 0.1) is 0 Å². The molecule has 2 rings (SSSR count). The second-order valence-corrected chi connectivity index (χ2v) is 3.59. The van der Waals surface area contributed by atoms with Gasteiger partial charge in [0.25, 0.3) is 6.34 Å². The molecule has 1 aliphatic heterocycles. The van der Waals surface area contributed by atoms with E-state index in [2.05, 4.69) is 15.7 Å². The van der Waals surface area contributed by atoms with Gasteiger partial charge in [0.1, 0.15) is 13.1 Å². The van der Waals surface area contributed by atoms with E-state index in [1.54, 1.807) is 6.34 Å². The number of hydrogen-bond donors (Lipinski definition) is 3. The molecule has 1 aromatic rings. The lowest BCUT2D eigenvalue weighted by molar-refractivity contribution is -0.481. The Morgan fingerprint density at radius 1 is 1.79 bits per heavy atom. The van der Waals surface area contributed by atoms with Gasteiger partial charge in [-0.1, -0.05) is 0 Å². The predicted octanol–water partition coefficient (Wildman–Crippen LogP) is -0.188. The molecular formula is C7H9N4O2S+. The van der Waals surface area contributed by atoms with Crippen molar-refractivity contribution in [3.63, 3.8) is 0 Å². The van der Waals surface area contributed by atoms with E-state index in [0.29, 0.717) is 5.13 Å². The molecule has 0 saturated heterocycles. The van der Waals surface area contributed by atoms with Gasteiger partial charge < -0.3 is 5.11 Å². The summed E-state index contributed by atoms with van der Waals surface area (Å²) in [7, 11) is 0. The largest absolute Gasteiger partial charge is 0.476 e. The number of rotatable bonds is 3. The maximum absolute atomic E-state index is 10.5. The molecule has 0 unspecified atom stereocenters. The summed E-state index contributed by atoms with van der Waals surface area (Å²) >= 11 is 1.27. The third kappa shape index (κ3) is 1.82. The summed E-state index contributed by atoms with van der Waals surface area (Å²) < 4.78 is 1.82. The van der Waals surface area contributed by atoms with Gasteiger partial charge in [-0.05, 0) is 0 Å². The highest BCUT2D eigenvalue weighted by molar-refractivity contribution is 7.13. The van der Waals surface area contributed by atoms with Crippen molar-refractivity contribution in [2.75, 3.05) is 18.5 Å². The van der Waals surface area contributed by atoms with Crippen LogP contribution in [-0.2, 0) is 0 Å². The topological polar surface area (TPSA) is 77.3 Å². The van der Waals surface area contributed by atoms with Crippen LogP contribution in [-0.4, -0.2) is 40.2 Å². The Morgan fingerprint density at radius 2 is 2.64 bits per heavy atom. The van der Waals surface area contributed by atoms with Crippen LogP contribution in [0.15, 0.2) is 5.38 Å². The van der Waals surface area contributed by atoms with Crippen LogP contribution in [0.3, 0.4) is 0 Å². The minimum atomic E-state index is -1.00. The van der Waals surface area contributed by atoms with Gasteiger partial charge in [0.2, 0.25) is 5.13 Å². The second-order valence-electron chi connectivity index (χ2n) is 2.73. The summed E-state index contributed by atoms with van der Waals surface area (Å²) in [6.45, 7) is 1.71. The number of nitrogens with one attached hydrogen (secondary N) is 2. The summed E-state index contributed by atoms with van der Waals surface area (Å²) in [5.41, 5.74) is 3.05. The maximum Gasteiger partial charge on any atom is 0.355 e. The normalized spacial score (nSPS) is 14.7. The Bertz CT molecular complexity index is 387. The van der Waals surface area contributed by atoms with Crippen molar-refractivity contribution in [1.82, 2.24) is 10.3 Å². The van der Waals surface area contributed by atoms with E-state index in [0.717, 1.165) is 13.1 Å². The molecule has 0 fully saturated rings. The number of carboxylic acid groups (broad SMARTS) is 1. The highest BCUT2D eigenvalue weighted by Crippen LogP contribution is 2.14. The first kappa shape index (κ1) is 8.95. The predicted molar refractivity (Wildman–Crippen MR) is 51.9 cm³/mol. The highest BCUT2D eigenvalue weighted by Gasteiger charge is 2.13. The number of aromatic nitrogens is 1. The number of thiazole rings is 1. The third-order valence-electron chi connectivity index (χ3n) is 1.71. The monoisotopic (exact) mass is 213 g/mol. The Kier molecular flexibility index (Phi) is 2.32. The van der Waals surface area contributed by atoms with Crippen LogP contribution in [0.2, 0.25) is 0 Å². The lowest BCUT2D eigenvalue weighted by atomic mass is 10.5. The first-order valence-electron chi connectivity index (χ1n) is 4.04. The van der Waals surface area contributed by atoms with Gasteiger partial charge >= 0.3 is 5.97 Å². The van der Waals surface area contributed by atoms with E-state index >= 15 is 0 Å². The molecule has 0 bridgehead atoms. The zero-order valence-electron chi connectivity index (χ0n) is 7.23. The molecule has 0 radical (unpaired) electrons. The van der Waals surface area contributed by atoms with Crippen LogP contribution < -0.4 is 10.7 Å². The number of hydrazine groups is 1. The van der Waals surface area contributed by atoms with E-state index in [4.69, 9.17) is 5.11 Å². The van der Waals surface area contributed by atoms with Gasteiger partial charge in [-0.25, -0.2) is 15.2 Å². The molecule has 2 heterocycles. The Balaban J connectivity index is 2.06. The SMILES string of the molecule is O=C(O)c1csc(N[N+]2=CNCC2)n1. The summed E-state index contributed by atoms with van der Waals surface area (Å²) in [5.74, 6) is -1.00. The molecule has 0 spiro atoms. The van der Waals surface area contributed by atoms with Crippen LogP contribution in [0.5, 0.6) is 0 Å². The van der Waals surface area contributed by atoms with Crippen LogP contribution in [0.1, 0.15) is 10.5 Å². The van der Waals surface area contributed by atoms with Gasteiger partial charge in [-0.3, -0.25) is 5.32 Å². The number of carboxylic acids is 1. The minimum absolute atomic E-state index is 0.0738. The van der Waals surface area contributed by atoms with Crippen LogP contribution in [0.4, 0.5) is 5.13 Å². The molecule has 0 aliphatic carbocycles. The fourth-order valence-electron chi connectivity index (χ4n) is 1.06. The molecule has 1 aliphatic rings. The zero-order chi connectivity index (χ0) is 9.97. The van der Waals surface area contributed by atoms with E-state index in [1.165, 1.54) is 16.7 Å². The minimum Gasteiger partial charge on any atom is -0.476 e. The van der Waals surface area contributed by atoms with Crippen molar-refractivity contribution >= 4 is 28.8 Å². The van der Waals surface area contributed by atoms with Crippen molar-refractivity contribution in [2.24, 2.45) is 0 Å². The van der Waals surface area contributed by atoms with Crippen molar-refractivity contribution in [3.05, 3.63) is 11.1 Å². The van der Waals surface area contributed by atoms with E-state index in [1.807, 2.05) is 4.68 Å². The molecule has 1 aromatic heterocycles. The maximum atomic E-state index is 10.5. The Hall–Kier alpha value is -1.63. The summed E-state index contributed by atoms with van der Waals surface area (Å²) in [5, 5.41) is 13.8. The van der Waals surface area contributed by atoms with Gasteiger partial charge in [-0.15, -0.1) is 11.3 Å². The average Bonchev–Trinajstić information content (AvgIpc) is 2.75. The molecule has 6 nitrogen and oxygen atoms in total. The molecular weight excluding hydrogens is 204 g/mol. The number of anilines is 1. The van der Waals surface area contributed by atoms with Gasteiger partial charge in [0.15, 0.2) is 5.69 Å². The first-order chi connectivity index (χ1) is 6.75. The smallest absolute Gasteiger partial charge is 0.355 e. The molecule has 7 heteroatoms. The molecule has 0 amide bonds. The average molecular weight is 213 g/mol. The summed E-state index contributed by atoms with van der Waals surface area (Å²) in [4.78, 5) is 14.4. The number of hydrogen-bond acceptors (Lipinski definition) is 5. The number of nitrogens with zero attached hydrogens (tertiary/aromatic N) is 2. The van der Waals surface area contributed by atoms with E-state index < -0.39 is 5.97 Å². The van der Waals surface area contributed by atoms with Gasteiger partial charge in [0, 0.05) is 5.38 Å². The highest BCUT2D eigenvalue weighted by atomic mass is 32.1. The summed E-state index contributed by atoms with van der Waals surface area (Å²) in [6.07, 6.45) is 1.79. The van der Waals surface area contributed by atoms with Gasteiger partial charge in [-0.2, -0.15) is 4.68 Å². The Morgan fingerprint density at radius 3 is 3.21 bits per heavy atom. The van der Waals surface area contributed by atoms with Crippen molar-refractivity contribution in [2.45, 2.75) is 0 Å². The fraction of sp³-hybridized carbons (Fsp3) is 0.286. The molecule has 0 atom stereocenters. The number of hydrazone groups is 1. The van der Waals surface area contributed by atoms with Crippen LogP contribution in [0.25, 0.3) is 0 Å². The van der Waals surface area contributed by atoms with E-state index in [-0.39, 0.29) is 5.69 Å². The van der Waals surface area contributed by atoms with Crippen molar-refractivity contribution < 1.29 is 14.6 Å². The van der Waals surface area contributed by atoms with Crippen LogP contribution >= 0.6 is 11.3 Å². The molecule has 74 valence electrons. The zero-order valence-corrected chi connectivity index (χ0v) is 8.04. The lowest BCUT2D eigenvalue weighted by Gasteiger charge is -1.97. The first-order valence-corrected chi connectivity index (χ1v) is 4.92. The quantitative estimate of drug-likeness (QED) is 0.607. The molecule has 3 N–H and O–H groups in total. The Labute approximate surface area is 83.9 Å². The number of carbonyl (C=O) groups is 1. The summed E-state index contributed by atoms with van der Waals surface area (Å²) in [6, 6.07) is 0. The second kappa shape index (κ2) is 3.62. The standard InChI is InChI=1S/C7H8N4O2S/c12-6(13)5-3-14-7(9-5)10-11-2-1-8-4-11/h3-4H,1-2H2,(H2,9,10,12,13)/p+1. The fourth-order valence-corrected chi connectivity index (χ4v) is 1.76. The third-order valence-corrected chi connectivity index (χ3v) is 2.45. The molecule has 14 heavy (non-hydrogen) atoms. The van der Waals surface area contributed by atoms with Crippen molar-refractivity contribution in [1.29, 1.82) is 0 Å². The molecule has 0 saturated carbocycles. The van der Waals surface area contributed by atoms with E-state index in [9.17, 15) is 4.79 Å².